The predicted octanol–water partition coefficient (Wildman–Crippen LogP) is 5.32. The third kappa shape index (κ3) is 17.8. The fourth-order valence-corrected chi connectivity index (χ4v) is 2.12. The van der Waals surface area contributed by atoms with E-state index in [1.165, 1.54) is 64.2 Å². The fourth-order valence-electron chi connectivity index (χ4n) is 2.12. The van der Waals surface area contributed by atoms with Crippen LogP contribution in [0.4, 0.5) is 0 Å². The Hall–Kier alpha value is -0.570. The third-order valence-electron chi connectivity index (χ3n) is 3.24. The Kier molecular flexibility index (Phi) is 18.0. The lowest BCUT2D eigenvalue weighted by Crippen LogP contribution is -1.93. The molecule has 0 bridgehead atoms. The molecule has 0 spiro atoms. The van der Waals surface area contributed by atoms with E-state index in [1.807, 2.05) is 0 Å². The number of rotatable bonds is 13. The Bertz CT molecular complexity index is 172. The van der Waals surface area contributed by atoms with E-state index >= 15 is 0 Å². The molecule has 0 saturated carbocycles. The minimum Gasteiger partial charge on any atom is -0.481 e. The van der Waals surface area contributed by atoms with Crippen molar-refractivity contribution in [1.29, 1.82) is 0 Å². The van der Waals surface area contributed by atoms with Gasteiger partial charge in [-0.25, -0.2) is 0 Å². The molecule has 0 atom stereocenters. The Balaban J connectivity index is 0. The average Bonchev–Trinajstić information content (AvgIpc) is 2.30. The molecule has 0 aliphatic heterocycles. The lowest BCUT2D eigenvalue weighted by atomic mass is 10.0. The summed E-state index contributed by atoms with van der Waals surface area (Å²) in [6, 6.07) is 0. The summed E-state index contributed by atoms with van der Waals surface area (Å²) < 4.78 is 0. The first-order valence-electron chi connectivity index (χ1n) is 7.49. The van der Waals surface area contributed by atoms with Gasteiger partial charge in [-0.1, -0.05) is 77.6 Å². The van der Waals surface area contributed by atoms with E-state index in [1.54, 1.807) is 0 Å². The smallest absolute Gasteiger partial charge is 0.303 e. The molecular weight excluding hydrogens is 226 g/mol. The zero-order valence-corrected chi connectivity index (χ0v) is 12.3. The largest absolute Gasteiger partial charge is 0.481 e. The van der Waals surface area contributed by atoms with Crippen LogP contribution in [0.2, 0.25) is 0 Å². The van der Waals surface area contributed by atoms with E-state index < -0.39 is 5.97 Å². The molecular formula is C15H33NO2. The Morgan fingerprint density at radius 2 is 1.06 bits per heavy atom. The van der Waals surface area contributed by atoms with Crippen molar-refractivity contribution in [3.05, 3.63) is 0 Å². The van der Waals surface area contributed by atoms with Crippen molar-refractivity contribution >= 4 is 5.97 Å². The highest BCUT2D eigenvalue weighted by molar-refractivity contribution is 5.66. The minimum atomic E-state index is -0.655. The van der Waals surface area contributed by atoms with E-state index in [9.17, 15) is 4.79 Å². The lowest BCUT2D eigenvalue weighted by Gasteiger charge is -2.02. The van der Waals surface area contributed by atoms with E-state index in [0.717, 1.165) is 12.8 Å². The van der Waals surface area contributed by atoms with Gasteiger partial charge in [0.05, 0.1) is 0 Å². The molecule has 0 aliphatic rings. The van der Waals surface area contributed by atoms with Gasteiger partial charge >= 0.3 is 5.97 Å². The van der Waals surface area contributed by atoms with Crippen molar-refractivity contribution in [3.63, 3.8) is 0 Å². The van der Waals surface area contributed by atoms with Gasteiger partial charge in [-0.15, -0.1) is 0 Å². The number of carboxylic acid groups (broad SMARTS) is 1. The van der Waals surface area contributed by atoms with E-state index in [2.05, 4.69) is 6.92 Å². The number of carboxylic acids is 1. The first-order chi connectivity index (χ1) is 8.27. The molecule has 0 aromatic rings. The van der Waals surface area contributed by atoms with Gasteiger partial charge in [0.25, 0.3) is 0 Å². The number of unbranched alkanes of at least 4 members (excludes halogenated alkanes) is 11. The maximum absolute atomic E-state index is 10.3. The maximum atomic E-state index is 10.3. The number of hydrogen-bond acceptors (Lipinski definition) is 2. The van der Waals surface area contributed by atoms with Crippen LogP contribution in [0, 0.1) is 0 Å². The predicted molar refractivity (Wildman–Crippen MR) is 78.4 cm³/mol. The van der Waals surface area contributed by atoms with Crippen molar-refractivity contribution in [2.75, 3.05) is 0 Å². The molecule has 3 nitrogen and oxygen atoms in total. The molecule has 0 radical (unpaired) electrons. The SMILES string of the molecule is CCCCCCCCCCCCCCC(=O)O.N. The van der Waals surface area contributed by atoms with Crippen molar-refractivity contribution in [2.24, 2.45) is 0 Å². The molecule has 110 valence electrons. The molecule has 0 amide bonds. The number of carbonyl (C=O) groups is 1. The van der Waals surface area contributed by atoms with Crippen molar-refractivity contribution in [3.8, 4) is 0 Å². The van der Waals surface area contributed by atoms with Gasteiger partial charge in [0.2, 0.25) is 0 Å². The molecule has 0 aliphatic carbocycles. The summed E-state index contributed by atoms with van der Waals surface area (Å²) in [5, 5.41) is 8.47. The molecule has 0 rings (SSSR count). The van der Waals surface area contributed by atoms with Gasteiger partial charge in [0.15, 0.2) is 0 Å². The van der Waals surface area contributed by atoms with Crippen molar-refractivity contribution in [1.82, 2.24) is 6.15 Å². The second kappa shape index (κ2) is 16.4. The maximum Gasteiger partial charge on any atom is 0.303 e. The molecule has 0 fully saturated rings. The molecule has 18 heavy (non-hydrogen) atoms. The van der Waals surface area contributed by atoms with Crippen molar-refractivity contribution in [2.45, 2.75) is 90.4 Å². The molecule has 0 aromatic carbocycles. The van der Waals surface area contributed by atoms with Crippen molar-refractivity contribution < 1.29 is 9.90 Å². The standard InChI is InChI=1S/C15H30O2.H3N/c1-2-3-4-5-6-7-8-9-10-11-12-13-14-15(16)17;/h2-14H2,1H3,(H,16,17);1H3. The Morgan fingerprint density at radius 3 is 1.39 bits per heavy atom. The molecule has 0 unspecified atom stereocenters. The number of hydrogen-bond donors (Lipinski definition) is 2. The van der Waals surface area contributed by atoms with Crippen LogP contribution in [0.5, 0.6) is 0 Å². The van der Waals surface area contributed by atoms with Crippen LogP contribution in [0.1, 0.15) is 90.4 Å². The highest BCUT2D eigenvalue weighted by Crippen LogP contribution is 2.12. The summed E-state index contributed by atoms with van der Waals surface area (Å²) in [7, 11) is 0. The summed E-state index contributed by atoms with van der Waals surface area (Å²) in [6.45, 7) is 2.25. The highest BCUT2D eigenvalue weighted by Gasteiger charge is 1.96. The summed E-state index contributed by atoms with van der Waals surface area (Å²) in [6.07, 6.45) is 15.8. The van der Waals surface area contributed by atoms with Gasteiger partial charge in [0.1, 0.15) is 0 Å². The number of aliphatic carboxylic acids is 1. The summed E-state index contributed by atoms with van der Waals surface area (Å²) in [4.78, 5) is 10.3. The molecule has 0 aromatic heterocycles. The highest BCUT2D eigenvalue weighted by atomic mass is 16.4. The summed E-state index contributed by atoms with van der Waals surface area (Å²) in [5.41, 5.74) is 0. The lowest BCUT2D eigenvalue weighted by molar-refractivity contribution is -0.137. The second-order valence-corrected chi connectivity index (χ2v) is 5.03. The van der Waals surface area contributed by atoms with Gasteiger partial charge in [0, 0.05) is 6.42 Å². The second-order valence-electron chi connectivity index (χ2n) is 5.03. The van der Waals surface area contributed by atoms with E-state index in [-0.39, 0.29) is 6.15 Å². The zero-order valence-electron chi connectivity index (χ0n) is 12.3. The van der Waals surface area contributed by atoms with Crippen LogP contribution in [0.15, 0.2) is 0 Å². The van der Waals surface area contributed by atoms with Gasteiger partial charge in [-0.2, -0.15) is 0 Å². The normalized spacial score (nSPS) is 10.1. The monoisotopic (exact) mass is 259 g/mol. The first kappa shape index (κ1) is 19.8. The van der Waals surface area contributed by atoms with Gasteiger partial charge < -0.3 is 11.3 Å². The summed E-state index contributed by atoms with van der Waals surface area (Å²) >= 11 is 0. The van der Waals surface area contributed by atoms with Crippen LogP contribution in [-0.4, -0.2) is 11.1 Å². The summed E-state index contributed by atoms with van der Waals surface area (Å²) in [5.74, 6) is -0.655. The van der Waals surface area contributed by atoms with Crippen LogP contribution < -0.4 is 6.15 Å². The topological polar surface area (TPSA) is 72.3 Å². The van der Waals surface area contributed by atoms with Gasteiger partial charge in [-0.05, 0) is 6.42 Å². The van der Waals surface area contributed by atoms with Crippen LogP contribution in [-0.2, 0) is 4.79 Å². The average molecular weight is 259 g/mol. The van der Waals surface area contributed by atoms with Crippen LogP contribution in [0.3, 0.4) is 0 Å². The van der Waals surface area contributed by atoms with Gasteiger partial charge in [-0.3, -0.25) is 4.79 Å². The van der Waals surface area contributed by atoms with E-state index in [0.29, 0.717) is 6.42 Å². The Morgan fingerprint density at radius 1 is 0.722 bits per heavy atom. The Labute approximate surface area is 113 Å². The molecule has 3 heteroatoms. The molecule has 4 N–H and O–H groups in total. The fraction of sp³-hybridized carbons (Fsp3) is 0.933. The van der Waals surface area contributed by atoms with Crippen LogP contribution >= 0.6 is 0 Å². The minimum absolute atomic E-state index is 0. The first-order valence-corrected chi connectivity index (χ1v) is 7.49. The quantitative estimate of drug-likeness (QED) is 0.439. The molecule has 0 saturated heterocycles. The molecule has 0 heterocycles. The third-order valence-corrected chi connectivity index (χ3v) is 3.24. The zero-order chi connectivity index (χ0) is 12.8. The van der Waals surface area contributed by atoms with E-state index in [4.69, 9.17) is 5.11 Å². The van der Waals surface area contributed by atoms with Crippen LogP contribution in [0.25, 0.3) is 0 Å².